The number of hydrazine groups is 1. The van der Waals surface area contributed by atoms with E-state index in [1.54, 1.807) is 11.3 Å². The summed E-state index contributed by atoms with van der Waals surface area (Å²) in [5, 5.41) is 0. The first-order chi connectivity index (χ1) is 8.28. The van der Waals surface area contributed by atoms with E-state index in [4.69, 9.17) is 5.84 Å². The molecule has 0 spiro atoms. The van der Waals surface area contributed by atoms with E-state index >= 15 is 0 Å². The second kappa shape index (κ2) is 6.31. The van der Waals surface area contributed by atoms with Crippen LogP contribution in [0.1, 0.15) is 10.4 Å². The molecule has 90 valence electrons. The molecule has 1 unspecified atom stereocenters. The van der Waals surface area contributed by atoms with Gasteiger partial charge in [-0.3, -0.25) is 11.3 Å². The van der Waals surface area contributed by atoms with Crippen molar-refractivity contribution in [2.45, 2.75) is 18.9 Å². The Bertz CT molecular complexity index is 455. The van der Waals surface area contributed by atoms with E-state index in [0.29, 0.717) is 0 Å². The number of hydrogen-bond acceptors (Lipinski definition) is 3. The number of hydrogen-bond donors (Lipinski definition) is 2. The van der Waals surface area contributed by atoms with Crippen LogP contribution < -0.4 is 11.3 Å². The smallest absolute Gasteiger partial charge is 0.0701 e. The summed E-state index contributed by atoms with van der Waals surface area (Å²) in [6.45, 7) is 0. The van der Waals surface area contributed by atoms with Gasteiger partial charge in [-0.05, 0) is 46.5 Å². The normalized spacial score (nSPS) is 12.6. The lowest BCUT2D eigenvalue weighted by atomic mass is 10.0. The van der Waals surface area contributed by atoms with Gasteiger partial charge in [0, 0.05) is 10.9 Å². The van der Waals surface area contributed by atoms with Gasteiger partial charge in [-0.2, -0.15) is 0 Å². The quantitative estimate of drug-likeness (QED) is 0.658. The van der Waals surface area contributed by atoms with Crippen LogP contribution in [0.2, 0.25) is 0 Å². The van der Waals surface area contributed by atoms with Crippen molar-refractivity contribution in [3.05, 3.63) is 56.7 Å². The predicted octanol–water partition coefficient (Wildman–Crippen LogP) is 3.13. The molecule has 1 heterocycles. The number of halogens is 1. The van der Waals surface area contributed by atoms with E-state index in [1.807, 2.05) is 6.07 Å². The van der Waals surface area contributed by atoms with Crippen LogP contribution >= 0.6 is 27.3 Å². The van der Waals surface area contributed by atoms with E-state index in [0.717, 1.165) is 12.8 Å². The van der Waals surface area contributed by atoms with Crippen LogP contribution in [-0.2, 0) is 12.8 Å². The Hall–Kier alpha value is -0.680. The molecule has 0 bridgehead atoms. The fourth-order valence-corrected chi connectivity index (χ4v) is 3.36. The van der Waals surface area contributed by atoms with Gasteiger partial charge in [0.2, 0.25) is 0 Å². The Morgan fingerprint density at radius 2 is 1.88 bits per heavy atom. The monoisotopic (exact) mass is 310 g/mol. The Morgan fingerprint density at radius 3 is 2.47 bits per heavy atom. The SMILES string of the molecule is NNC(Cc1ccccc1)Cc1ccc(Br)s1. The maximum Gasteiger partial charge on any atom is 0.0701 e. The second-order valence-corrected chi connectivity index (χ2v) is 6.51. The molecule has 0 saturated heterocycles. The second-order valence-electron chi connectivity index (χ2n) is 3.96. The molecule has 0 radical (unpaired) electrons. The lowest BCUT2D eigenvalue weighted by molar-refractivity contribution is 0.526. The van der Waals surface area contributed by atoms with Crippen LogP contribution in [0.4, 0.5) is 0 Å². The summed E-state index contributed by atoms with van der Waals surface area (Å²) in [5.41, 5.74) is 4.21. The van der Waals surface area contributed by atoms with Crippen molar-refractivity contribution in [3.8, 4) is 0 Å². The highest BCUT2D eigenvalue weighted by molar-refractivity contribution is 9.11. The summed E-state index contributed by atoms with van der Waals surface area (Å²) in [7, 11) is 0. The zero-order chi connectivity index (χ0) is 12.1. The van der Waals surface area contributed by atoms with Crippen molar-refractivity contribution in [1.82, 2.24) is 5.43 Å². The third kappa shape index (κ3) is 3.92. The maximum absolute atomic E-state index is 5.62. The van der Waals surface area contributed by atoms with Gasteiger partial charge in [-0.25, -0.2) is 0 Å². The van der Waals surface area contributed by atoms with Crippen molar-refractivity contribution in [2.24, 2.45) is 5.84 Å². The molecule has 1 aromatic carbocycles. The summed E-state index contributed by atoms with van der Waals surface area (Å²) in [5.74, 6) is 5.62. The Morgan fingerprint density at radius 1 is 1.12 bits per heavy atom. The fraction of sp³-hybridized carbons (Fsp3) is 0.231. The van der Waals surface area contributed by atoms with Crippen LogP contribution in [0.15, 0.2) is 46.3 Å². The summed E-state index contributed by atoms with van der Waals surface area (Å²) in [6, 6.07) is 14.9. The summed E-state index contributed by atoms with van der Waals surface area (Å²) in [4.78, 5) is 1.34. The highest BCUT2D eigenvalue weighted by atomic mass is 79.9. The van der Waals surface area contributed by atoms with Crippen molar-refractivity contribution in [3.63, 3.8) is 0 Å². The maximum atomic E-state index is 5.62. The molecule has 17 heavy (non-hydrogen) atoms. The molecule has 0 aliphatic heterocycles. The van der Waals surface area contributed by atoms with Gasteiger partial charge in [-0.15, -0.1) is 11.3 Å². The lowest BCUT2D eigenvalue weighted by Gasteiger charge is -2.14. The average Bonchev–Trinajstić information content (AvgIpc) is 2.75. The molecule has 1 aromatic heterocycles. The van der Waals surface area contributed by atoms with E-state index in [-0.39, 0.29) is 6.04 Å². The Labute approximate surface area is 114 Å². The third-order valence-corrected chi connectivity index (χ3v) is 4.28. The molecule has 0 fully saturated rings. The molecule has 1 atom stereocenters. The standard InChI is InChI=1S/C13H15BrN2S/c14-13-7-6-12(17-13)9-11(16-15)8-10-4-2-1-3-5-10/h1-7,11,16H,8-9,15H2. The molecule has 2 nitrogen and oxygen atoms in total. The van der Waals surface area contributed by atoms with Crippen molar-refractivity contribution >= 4 is 27.3 Å². The van der Waals surface area contributed by atoms with E-state index in [9.17, 15) is 0 Å². The first kappa shape index (κ1) is 12.8. The molecular weight excluding hydrogens is 296 g/mol. The molecule has 4 heteroatoms. The number of nitrogens with two attached hydrogens (primary N) is 1. The zero-order valence-corrected chi connectivity index (χ0v) is 11.8. The highest BCUT2D eigenvalue weighted by Crippen LogP contribution is 2.23. The number of benzene rings is 1. The van der Waals surface area contributed by atoms with Gasteiger partial charge in [0.05, 0.1) is 3.79 Å². The predicted molar refractivity (Wildman–Crippen MR) is 77.0 cm³/mol. The van der Waals surface area contributed by atoms with Crippen LogP contribution in [0.25, 0.3) is 0 Å². The van der Waals surface area contributed by atoms with Crippen LogP contribution in [0.5, 0.6) is 0 Å². The molecule has 2 rings (SSSR count). The number of rotatable bonds is 5. The number of nitrogens with one attached hydrogen (secondary N) is 1. The van der Waals surface area contributed by atoms with Gasteiger partial charge in [0.1, 0.15) is 0 Å². The topological polar surface area (TPSA) is 38.0 Å². The van der Waals surface area contributed by atoms with Crippen LogP contribution in [0.3, 0.4) is 0 Å². The zero-order valence-electron chi connectivity index (χ0n) is 9.40. The third-order valence-electron chi connectivity index (χ3n) is 2.64. The van der Waals surface area contributed by atoms with Gasteiger partial charge in [0.25, 0.3) is 0 Å². The molecule has 2 aromatic rings. The molecule has 3 N–H and O–H groups in total. The average molecular weight is 311 g/mol. The largest absolute Gasteiger partial charge is 0.271 e. The van der Waals surface area contributed by atoms with Crippen molar-refractivity contribution in [2.75, 3.05) is 0 Å². The van der Waals surface area contributed by atoms with Gasteiger partial charge in [-0.1, -0.05) is 30.3 Å². The van der Waals surface area contributed by atoms with E-state index in [2.05, 4.69) is 57.8 Å². The van der Waals surface area contributed by atoms with Gasteiger partial charge in [0.15, 0.2) is 0 Å². The molecule has 0 saturated carbocycles. The van der Waals surface area contributed by atoms with Crippen LogP contribution in [0, 0.1) is 0 Å². The molecular formula is C13H15BrN2S. The van der Waals surface area contributed by atoms with E-state index < -0.39 is 0 Å². The van der Waals surface area contributed by atoms with E-state index in [1.165, 1.54) is 14.2 Å². The highest BCUT2D eigenvalue weighted by Gasteiger charge is 2.10. The summed E-state index contributed by atoms with van der Waals surface area (Å²) in [6.07, 6.45) is 1.91. The molecule has 0 aliphatic carbocycles. The first-order valence-electron chi connectivity index (χ1n) is 5.52. The van der Waals surface area contributed by atoms with Gasteiger partial charge >= 0.3 is 0 Å². The van der Waals surface area contributed by atoms with Crippen LogP contribution in [-0.4, -0.2) is 6.04 Å². The van der Waals surface area contributed by atoms with Crippen molar-refractivity contribution in [1.29, 1.82) is 0 Å². The minimum Gasteiger partial charge on any atom is -0.271 e. The van der Waals surface area contributed by atoms with Crippen molar-refractivity contribution < 1.29 is 0 Å². The Kier molecular flexibility index (Phi) is 4.74. The first-order valence-corrected chi connectivity index (χ1v) is 7.13. The Balaban J connectivity index is 1.98. The molecule has 0 aliphatic rings. The minimum absolute atomic E-state index is 0.281. The summed E-state index contributed by atoms with van der Waals surface area (Å²) < 4.78 is 1.17. The summed E-state index contributed by atoms with van der Waals surface area (Å²) >= 11 is 5.24. The lowest BCUT2D eigenvalue weighted by Crippen LogP contribution is -2.38. The number of thiophene rings is 1. The fourth-order valence-electron chi connectivity index (χ4n) is 1.79. The molecule has 0 amide bonds. The van der Waals surface area contributed by atoms with Gasteiger partial charge < -0.3 is 0 Å². The minimum atomic E-state index is 0.281.